The molecule has 0 amide bonds. The summed E-state index contributed by atoms with van der Waals surface area (Å²) in [6.45, 7) is 4.64. The minimum Gasteiger partial charge on any atom is -0.396 e. The molecule has 0 heterocycles. The second-order valence-corrected chi connectivity index (χ2v) is 4.09. The van der Waals surface area contributed by atoms with Crippen molar-refractivity contribution in [2.75, 3.05) is 20.8 Å². The van der Waals surface area contributed by atoms with Crippen molar-refractivity contribution in [3.63, 3.8) is 0 Å². The standard InChI is InChI=1S/C11H24O3/c1-9(5-6-12)7-10(2)8-11(13-3)14-4/h9-12H,5-8H2,1-4H3/t9-,10-/m0/s1. The van der Waals surface area contributed by atoms with Gasteiger partial charge >= 0.3 is 0 Å². The molecule has 0 aliphatic rings. The molecular formula is C11H24O3. The zero-order valence-corrected chi connectivity index (χ0v) is 9.82. The summed E-state index contributed by atoms with van der Waals surface area (Å²) in [5.41, 5.74) is 0. The summed E-state index contributed by atoms with van der Waals surface area (Å²) in [4.78, 5) is 0. The largest absolute Gasteiger partial charge is 0.396 e. The molecule has 0 saturated carbocycles. The minimum atomic E-state index is -0.0914. The Morgan fingerprint density at radius 3 is 2.00 bits per heavy atom. The molecule has 0 unspecified atom stereocenters. The van der Waals surface area contributed by atoms with E-state index in [0.29, 0.717) is 11.8 Å². The summed E-state index contributed by atoms with van der Waals surface area (Å²) >= 11 is 0. The summed E-state index contributed by atoms with van der Waals surface area (Å²) < 4.78 is 10.3. The Kier molecular flexibility index (Phi) is 8.14. The van der Waals surface area contributed by atoms with Gasteiger partial charge in [-0.05, 0) is 24.7 Å². The third-order valence-corrected chi connectivity index (χ3v) is 2.55. The van der Waals surface area contributed by atoms with Crippen LogP contribution >= 0.6 is 0 Å². The Labute approximate surface area is 87.4 Å². The highest BCUT2D eigenvalue weighted by Gasteiger charge is 2.14. The topological polar surface area (TPSA) is 38.7 Å². The highest BCUT2D eigenvalue weighted by molar-refractivity contribution is 4.61. The Morgan fingerprint density at radius 1 is 1.00 bits per heavy atom. The fraction of sp³-hybridized carbons (Fsp3) is 1.00. The average molecular weight is 204 g/mol. The molecule has 0 fully saturated rings. The maximum atomic E-state index is 8.77. The maximum Gasteiger partial charge on any atom is 0.157 e. The predicted octanol–water partition coefficient (Wildman–Crippen LogP) is 2.04. The molecule has 0 aromatic rings. The van der Waals surface area contributed by atoms with Gasteiger partial charge in [-0.15, -0.1) is 0 Å². The molecular weight excluding hydrogens is 180 g/mol. The normalized spacial score (nSPS) is 15.9. The lowest BCUT2D eigenvalue weighted by molar-refractivity contribution is -0.114. The van der Waals surface area contributed by atoms with Crippen molar-refractivity contribution in [1.82, 2.24) is 0 Å². The fourth-order valence-corrected chi connectivity index (χ4v) is 1.74. The Balaban J connectivity index is 3.67. The zero-order valence-electron chi connectivity index (χ0n) is 9.82. The lowest BCUT2D eigenvalue weighted by Crippen LogP contribution is -2.18. The van der Waals surface area contributed by atoms with Crippen LogP contribution in [0.5, 0.6) is 0 Å². The molecule has 3 nitrogen and oxygen atoms in total. The van der Waals surface area contributed by atoms with Gasteiger partial charge in [-0.1, -0.05) is 13.8 Å². The van der Waals surface area contributed by atoms with Gasteiger partial charge in [0.2, 0.25) is 0 Å². The Hall–Kier alpha value is -0.120. The number of hydrogen-bond acceptors (Lipinski definition) is 3. The van der Waals surface area contributed by atoms with Gasteiger partial charge in [0.25, 0.3) is 0 Å². The molecule has 14 heavy (non-hydrogen) atoms. The SMILES string of the molecule is COC(C[C@@H](C)C[C@@H](C)CCO)OC. The van der Waals surface area contributed by atoms with Crippen molar-refractivity contribution < 1.29 is 14.6 Å². The van der Waals surface area contributed by atoms with Crippen LogP contribution in [-0.2, 0) is 9.47 Å². The molecule has 0 saturated heterocycles. The van der Waals surface area contributed by atoms with E-state index < -0.39 is 0 Å². The summed E-state index contributed by atoms with van der Waals surface area (Å²) in [7, 11) is 3.33. The van der Waals surface area contributed by atoms with Gasteiger partial charge in [-0.2, -0.15) is 0 Å². The number of aliphatic hydroxyl groups is 1. The first kappa shape index (κ1) is 13.9. The average Bonchev–Trinajstić information content (AvgIpc) is 2.14. The molecule has 0 spiro atoms. The summed E-state index contributed by atoms with van der Waals surface area (Å²) in [6, 6.07) is 0. The first-order valence-electron chi connectivity index (χ1n) is 5.30. The number of ether oxygens (including phenoxy) is 2. The van der Waals surface area contributed by atoms with E-state index in [0.717, 1.165) is 19.3 Å². The number of rotatable bonds is 8. The van der Waals surface area contributed by atoms with Crippen LogP contribution in [0.3, 0.4) is 0 Å². The fourth-order valence-electron chi connectivity index (χ4n) is 1.74. The molecule has 0 radical (unpaired) electrons. The van der Waals surface area contributed by atoms with Gasteiger partial charge in [0, 0.05) is 27.2 Å². The summed E-state index contributed by atoms with van der Waals surface area (Å²) in [5.74, 6) is 1.14. The van der Waals surface area contributed by atoms with Gasteiger partial charge in [0.15, 0.2) is 6.29 Å². The van der Waals surface area contributed by atoms with E-state index in [2.05, 4.69) is 13.8 Å². The van der Waals surface area contributed by atoms with E-state index in [4.69, 9.17) is 14.6 Å². The predicted molar refractivity (Wildman–Crippen MR) is 57.1 cm³/mol. The van der Waals surface area contributed by atoms with E-state index in [1.165, 1.54) is 0 Å². The Morgan fingerprint density at radius 2 is 1.57 bits per heavy atom. The highest BCUT2D eigenvalue weighted by atomic mass is 16.7. The molecule has 2 atom stereocenters. The molecule has 0 aromatic heterocycles. The van der Waals surface area contributed by atoms with Gasteiger partial charge in [-0.3, -0.25) is 0 Å². The number of hydrogen-bond donors (Lipinski definition) is 1. The molecule has 3 heteroatoms. The van der Waals surface area contributed by atoms with Crippen LogP contribution in [0.1, 0.15) is 33.1 Å². The van der Waals surface area contributed by atoms with Gasteiger partial charge in [0.05, 0.1) is 0 Å². The third-order valence-electron chi connectivity index (χ3n) is 2.55. The molecule has 0 aromatic carbocycles. The number of methoxy groups -OCH3 is 2. The minimum absolute atomic E-state index is 0.0914. The van der Waals surface area contributed by atoms with Gasteiger partial charge < -0.3 is 14.6 Å². The van der Waals surface area contributed by atoms with E-state index in [-0.39, 0.29) is 12.9 Å². The monoisotopic (exact) mass is 204 g/mol. The smallest absolute Gasteiger partial charge is 0.157 e. The lowest BCUT2D eigenvalue weighted by atomic mass is 9.92. The van der Waals surface area contributed by atoms with Crippen LogP contribution in [0.4, 0.5) is 0 Å². The number of aliphatic hydroxyl groups excluding tert-OH is 1. The van der Waals surface area contributed by atoms with Crippen LogP contribution in [-0.4, -0.2) is 32.2 Å². The summed E-state index contributed by atoms with van der Waals surface area (Å²) in [5, 5.41) is 8.77. The molecule has 0 bridgehead atoms. The van der Waals surface area contributed by atoms with E-state index in [9.17, 15) is 0 Å². The van der Waals surface area contributed by atoms with Crippen LogP contribution in [0, 0.1) is 11.8 Å². The van der Waals surface area contributed by atoms with E-state index >= 15 is 0 Å². The van der Waals surface area contributed by atoms with Crippen LogP contribution < -0.4 is 0 Å². The van der Waals surface area contributed by atoms with Crippen LogP contribution in [0.2, 0.25) is 0 Å². The Bertz CT molecular complexity index is 124. The van der Waals surface area contributed by atoms with Crippen molar-refractivity contribution in [1.29, 1.82) is 0 Å². The molecule has 0 rings (SSSR count). The van der Waals surface area contributed by atoms with Crippen molar-refractivity contribution >= 4 is 0 Å². The third kappa shape index (κ3) is 6.35. The molecule has 86 valence electrons. The first-order valence-corrected chi connectivity index (χ1v) is 5.30. The highest BCUT2D eigenvalue weighted by Crippen LogP contribution is 2.20. The van der Waals surface area contributed by atoms with Crippen molar-refractivity contribution in [3.8, 4) is 0 Å². The van der Waals surface area contributed by atoms with Crippen molar-refractivity contribution in [3.05, 3.63) is 0 Å². The van der Waals surface area contributed by atoms with Gasteiger partial charge in [0.1, 0.15) is 0 Å². The second-order valence-electron chi connectivity index (χ2n) is 4.09. The van der Waals surface area contributed by atoms with E-state index in [1.54, 1.807) is 14.2 Å². The maximum absolute atomic E-state index is 8.77. The van der Waals surface area contributed by atoms with Crippen LogP contribution in [0.15, 0.2) is 0 Å². The van der Waals surface area contributed by atoms with Crippen LogP contribution in [0.25, 0.3) is 0 Å². The van der Waals surface area contributed by atoms with Crippen molar-refractivity contribution in [2.45, 2.75) is 39.4 Å². The zero-order chi connectivity index (χ0) is 11.0. The first-order chi connectivity index (χ1) is 6.63. The lowest BCUT2D eigenvalue weighted by Gasteiger charge is -2.20. The van der Waals surface area contributed by atoms with Crippen molar-refractivity contribution in [2.24, 2.45) is 11.8 Å². The summed E-state index contributed by atoms with van der Waals surface area (Å²) in [6.07, 6.45) is 2.83. The van der Waals surface area contributed by atoms with Gasteiger partial charge in [-0.25, -0.2) is 0 Å². The molecule has 0 aliphatic carbocycles. The van der Waals surface area contributed by atoms with E-state index in [1.807, 2.05) is 0 Å². The second kappa shape index (κ2) is 8.21. The quantitative estimate of drug-likeness (QED) is 0.615. The molecule has 1 N–H and O–H groups in total. The molecule has 0 aliphatic heterocycles.